The molecule has 3 aromatic rings. The van der Waals surface area contributed by atoms with Gasteiger partial charge in [-0.15, -0.1) is 0 Å². The van der Waals surface area contributed by atoms with Gasteiger partial charge in [-0.1, -0.05) is 64.3 Å². The van der Waals surface area contributed by atoms with Crippen LogP contribution in [0.3, 0.4) is 0 Å². The standard InChI is InChI=1S/C53H60N4O8S2/c1-28(59)62-24-40-36-10-11-37-46-32(19-34(60)20-43(46)63-27-58)22-53-16-15-29(21-53)17-31-9-14-45(54)57-41(31)8-4-7-35-39(23-55-2)49(61)52-38(47(35)50(40)65-51(36)48(37)53)12-13-42-44(64-52)26-67-66-25-30-5-3-6-33(18-30)56-42/h9-14,19-20,29-30,33,40,42,44-45,50,55-58,60-61H,3,5-7,15-18,21-27,54H2,1-2H3/t29-,30-,33+,40+,42+,44-,45?,50+,53-/m1/s1. The van der Waals surface area contributed by atoms with E-state index in [-0.39, 0.29) is 48.8 Å². The van der Waals surface area contributed by atoms with Crippen LogP contribution in [0, 0.1) is 23.7 Å². The summed E-state index contributed by atoms with van der Waals surface area (Å²) in [7, 11) is 5.65. The largest absolute Gasteiger partial charge is 0.508 e. The highest BCUT2D eigenvalue weighted by atomic mass is 33.1. The van der Waals surface area contributed by atoms with Crippen molar-refractivity contribution in [2.24, 2.45) is 17.6 Å². The third-order valence-corrected chi connectivity index (χ3v) is 18.1. The number of aliphatic hydroxyl groups is 1. The highest BCUT2D eigenvalue weighted by molar-refractivity contribution is 8.76. The molecule has 8 aliphatic rings. The average Bonchev–Trinajstić information content (AvgIpc) is 3.82. The Balaban J connectivity index is 1.16. The number of hydrogen-bond donors (Lipinski definition) is 7. The molecule has 1 spiro atoms. The van der Waals surface area contributed by atoms with Gasteiger partial charge in [0, 0.05) is 82.3 Å². The van der Waals surface area contributed by atoms with Crippen LogP contribution in [0.25, 0.3) is 17.2 Å². The van der Waals surface area contributed by atoms with Crippen LogP contribution in [-0.2, 0) is 34.3 Å². The van der Waals surface area contributed by atoms with E-state index in [1.165, 1.54) is 19.8 Å². The molecule has 0 amide bonds. The fraction of sp³-hybridized carbons (Fsp3) is 0.491. The first-order valence-electron chi connectivity index (χ1n) is 24.0. The summed E-state index contributed by atoms with van der Waals surface area (Å²) in [6, 6.07) is 7.90. The lowest BCUT2D eigenvalue weighted by atomic mass is 9.65. The molecule has 2 saturated carbocycles. The third kappa shape index (κ3) is 8.17. The number of hydrogen-bond acceptors (Lipinski definition) is 14. The van der Waals surface area contributed by atoms with Crippen molar-refractivity contribution < 1.29 is 39.1 Å². The summed E-state index contributed by atoms with van der Waals surface area (Å²) < 4.78 is 26.7. The summed E-state index contributed by atoms with van der Waals surface area (Å²) >= 11 is 0. The summed E-state index contributed by atoms with van der Waals surface area (Å²) in [5, 5.41) is 44.6. The van der Waals surface area contributed by atoms with Crippen LogP contribution in [-0.4, -0.2) is 77.6 Å². The number of carbonyl (C=O) groups is 1. The molecule has 5 heterocycles. The normalized spacial score (nSPS) is 29.9. The Hall–Kier alpha value is -4.75. The highest BCUT2D eigenvalue weighted by Crippen LogP contribution is 2.63. The Bertz CT molecular complexity index is 2660. The zero-order valence-corrected chi connectivity index (χ0v) is 39.8. The number of ether oxygens (including phenoxy) is 4. The van der Waals surface area contributed by atoms with Crippen molar-refractivity contribution in [2.75, 3.05) is 32.0 Å². The lowest BCUT2D eigenvalue weighted by Gasteiger charge is -2.39. The van der Waals surface area contributed by atoms with Crippen LogP contribution >= 0.6 is 21.6 Å². The van der Waals surface area contributed by atoms with Crippen LogP contribution < -0.4 is 35.9 Å². The summed E-state index contributed by atoms with van der Waals surface area (Å²) in [5.74, 6) is 10.8. The molecule has 3 aliphatic carbocycles. The van der Waals surface area contributed by atoms with E-state index in [0.29, 0.717) is 47.9 Å². The Labute approximate surface area is 400 Å². The van der Waals surface area contributed by atoms with Crippen molar-refractivity contribution >= 4 is 33.6 Å². The molecule has 67 heavy (non-hydrogen) atoms. The molecule has 1 saturated heterocycles. The van der Waals surface area contributed by atoms with Gasteiger partial charge in [-0.25, -0.2) is 0 Å². The minimum absolute atomic E-state index is 0.0609. The second kappa shape index (κ2) is 18.3. The fourth-order valence-electron chi connectivity index (χ4n) is 12.7. The molecular weight excluding hydrogens is 885 g/mol. The molecule has 5 aliphatic heterocycles. The van der Waals surface area contributed by atoms with E-state index in [4.69, 9.17) is 24.7 Å². The maximum atomic E-state index is 12.8. The number of phenolic OH excluding ortho intramolecular Hbond substituents is 2. The zero-order valence-electron chi connectivity index (χ0n) is 38.1. The first kappa shape index (κ1) is 44.7. The number of benzene rings is 3. The van der Waals surface area contributed by atoms with Crippen molar-refractivity contribution in [1.29, 1.82) is 0 Å². The van der Waals surface area contributed by atoms with Gasteiger partial charge in [-0.3, -0.25) is 4.79 Å². The maximum Gasteiger partial charge on any atom is 0.302 e. The van der Waals surface area contributed by atoms with Gasteiger partial charge >= 0.3 is 5.97 Å². The van der Waals surface area contributed by atoms with Crippen molar-refractivity contribution in [3.05, 3.63) is 92.7 Å². The molecule has 9 atom stereocenters. The number of allylic oxidation sites excluding steroid dienone is 3. The van der Waals surface area contributed by atoms with Gasteiger partial charge in [0.1, 0.15) is 36.1 Å². The second-order valence-electron chi connectivity index (χ2n) is 19.8. The van der Waals surface area contributed by atoms with Crippen molar-refractivity contribution in [2.45, 2.75) is 119 Å². The Morgan fingerprint density at radius 2 is 1.96 bits per heavy atom. The van der Waals surface area contributed by atoms with Gasteiger partial charge in [0.2, 0.25) is 0 Å². The predicted molar refractivity (Wildman–Crippen MR) is 262 cm³/mol. The van der Waals surface area contributed by atoms with E-state index >= 15 is 0 Å². The van der Waals surface area contributed by atoms with Crippen LogP contribution in [0.2, 0.25) is 0 Å². The van der Waals surface area contributed by atoms with Crippen LogP contribution in [0.15, 0.2) is 53.8 Å². The van der Waals surface area contributed by atoms with Gasteiger partial charge in [-0.2, -0.15) is 0 Å². The molecule has 14 heteroatoms. The van der Waals surface area contributed by atoms with Crippen LogP contribution in [0.5, 0.6) is 28.7 Å². The van der Waals surface area contributed by atoms with E-state index in [2.05, 4.69) is 58.2 Å². The van der Waals surface area contributed by atoms with Crippen molar-refractivity contribution in [3.8, 4) is 51.7 Å². The zero-order chi connectivity index (χ0) is 46.0. The van der Waals surface area contributed by atoms with E-state index < -0.39 is 24.2 Å². The SMILES string of the molecule is CNCc1c(O)c2c(c3c1CC#CC1=C(C=CC(N)N1)C[C@H]1CC[C@]4(Cc5cc(O)cc(OCO)c5-c5ccc6c(c54)O[C@H]3[C@H]6COC(C)=O)C1)C=C[C@@H]1N[C@H]3CCC[C@@H](CSSC[C@H]1O2)C3. The average molecular weight is 945 g/mol. The first-order valence-corrected chi connectivity index (χ1v) is 26.5. The Kier molecular flexibility index (Phi) is 12.2. The molecule has 352 valence electrons. The second-order valence-corrected chi connectivity index (χ2v) is 22.3. The molecule has 3 aromatic carbocycles. The minimum Gasteiger partial charge on any atom is -0.508 e. The third-order valence-electron chi connectivity index (χ3n) is 15.5. The van der Waals surface area contributed by atoms with Gasteiger partial charge in [0.05, 0.1) is 23.8 Å². The number of aromatic hydroxyl groups is 2. The molecule has 3 fully saturated rings. The minimum atomic E-state index is -0.683. The van der Waals surface area contributed by atoms with Crippen LogP contribution in [0.1, 0.15) is 109 Å². The van der Waals surface area contributed by atoms with Gasteiger partial charge in [0.25, 0.3) is 0 Å². The van der Waals surface area contributed by atoms with Gasteiger partial charge in [-0.05, 0) is 111 Å². The molecule has 1 unspecified atom stereocenters. The summed E-state index contributed by atoms with van der Waals surface area (Å²) in [6.07, 6.45) is 16.3. The molecular formula is C53H60N4O8S2. The number of nitrogens with one attached hydrogen (secondary N) is 3. The van der Waals surface area contributed by atoms with Gasteiger partial charge in [0.15, 0.2) is 18.3 Å². The van der Waals surface area contributed by atoms with E-state index in [1.807, 2.05) is 40.8 Å². The molecule has 8 N–H and O–H groups in total. The molecule has 12 nitrogen and oxygen atoms in total. The van der Waals surface area contributed by atoms with Crippen molar-refractivity contribution in [1.82, 2.24) is 16.0 Å². The summed E-state index contributed by atoms with van der Waals surface area (Å²) in [6.45, 7) is 1.29. The van der Waals surface area contributed by atoms with Crippen molar-refractivity contribution in [3.63, 3.8) is 0 Å². The number of phenols is 2. The monoisotopic (exact) mass is 944 g/mol. The lowest BCUT2D eigenvalue weighted by Crippen LogP contribution is -2.49. The topological polar surface area (TPSA) is 177 Å². The summed E-state index contributed by atoms with van der Waals surface area (Å²) in [5.41, 5.74) is 15.8. The molecule has 0 radical (unpaired) electrons. The fourth-order valence-corrected chi connectivity index (χ4v) is 15.4. The Morgan fingerprint density at radius 1 is 1.07 bits per heavy atom. The smallest absolute Gasteiger partial charge is 0.302 e. The van der Waals surface area contributed by atoms with E-state index in [1.54, 1.807) is 6.07 Å². The number of aliphatic hydroxyl groups excluding tert-OH is 1. The molecule has 6 bridgehead atoms. The quantitative estimate of drug-likeness (QED) is 0.0559. The van der Waals surface area contributed by atoms with Gasteiger partial charge < -0.3 is 56.0 Å². The Morgan fingerprint density at radius 3 is 2.81 bits per heavy atom. The lowest BCUT2D eigenvalue weighted by molar-refractivity contribution is -0.141. The van der Waals surface area contributed by atoms with E-state index in [0.717, 1.165) is 112 Å². The van der Waals surface area contributed by atoms with Crippen LogP contribution in [0.4, 0.5) is 0 Å². The molecule has 0 aromatic heterocycles. The van der Waals surface area contributed by atoms with E-state index in [9.17, 15) is 20.1 Å². The first-order chi connectivity index (χ1) is 32.6. The number of esters is 1. The number of carbonyl (C=O) groups excluding carboxylic acids is 1. The summed E-state index contributed by atoms with van der Waals surface area (Å²) in [4.78, 5) is 12.8. The number of rotatable bonds is 6. The number of dihydropyridines is 1. The number of nitrogens with two attached hydrogens (primary N) is 1. The maximum absolute atomic E-state index is 12.8. The number of fused-ring (bicyclic) bond motifs is 11. The predicted octanol–water partition coefficient (Wildman–Crippen LogP) is 7.52. The highest BCUT2D eigenvalue weighted by Gasteiger charge is 2.52. The molecule has 11 rings (SSSR count).